The average molecular weight is 296 g/mol. The van der Waals surface area contributed by atoms with Crippen LogP contribution in [0.25, 0.3) is 0 Å². The topological polar surface area (TPSA) is 72.2 Å². The molecule has 0 fully saturated rings. The smallest absolute Gasteiger partial charge is 0.225 e. The summed E-state index contributed by atoms with van der Waals surface area (Å²) in [5.41, 5.74) is 8.04. The number of carbonyl (C=O) groups excluding carboxylic acids is 1. The number of hydrogen-bond donors (Lipinski definition) is 2. The van der Waals surface area contributed by atoms with Crippen molar-refractivity contribution in [2.24, 2.45) is 0 Å². The second-order valence-electron chi connectivity index (χ2n) is 4.87. The predicted octanol–water partition coefficient (Wildman–Crippen LogP) is 2.84. The third kappa shape index (κ3) is 5.74. The maximum absolute atomic E-state index is 11.8. The number of nitrogen functional groups attached to an aromatic ring is 1. The van der Waals surface area contributed by atoms with Crippen LogP contribution in [0.2, 0.25) is 0 Å². The number of nitrogens with two attached hydrogens (primary N) is 1. The highest BCUT2D eigenvalue weighted by molar-refractivity contribution is 7.84. The first-order valence-corrected chi connectivity index (χ1v) is 8.53. The van der Waals surface area contributed by atoms with E-state index in [1.165, 1.54) is 0 Å². The number of hydrogen-bond acceptors (Lipinski definition) is 3. The Morgan fingerprint density at radius 1 is 1.30 bits per heavy atom. The van der Waals surface area contributed by atoms with Crippen LogP contribution in [0.3, 0.4) is 0 Å². The first kappa shape index (κ1) is 16.7. The van der Waals surface area contributed by atoms with Gasteiger partial charge in [0, 0.05) is 40.1 Å². The van der Waals surface area contributed by atoms with Crippen LogP contribution in [-0.4, -0.2) is 21.6 Å². The fourth-order valence-electron chi connectivity index (χ4n) is 1.82. The van der Waals surface area contributed by atoms with Gasteiger partial charge in [-0.3, -0.25) is 9.00 Å². The Kier molecular flexibility index (Phi) is 7.30. The SMILES string of the molecule is CCCCCS(=O)CCC(=O)Nc1cccc(N)c1C. The molecule has 5 heteroatoms. The number of anilines is 2. The van der Waals surface area contributed by atoms with Crippen LogP contribution in [0.1, 0.15) is 38.2 Å². The van der Waals surface area contributed by atoms with Gasteiger partial charge in [-0.25, -0.2) is 0 Å². The molecule has 1 atom stereocenters. The first-order valence-electron chi connectivity index (χ1n) is 7.04. The standard InChI is InChI=1S/C15H24N2O2S/c1-3-4-5-10-20(19)11-9-15(18)17-14-8-6-7-13(16)12(14)2/h6-8H,3-5,9-11,16H2,1-2H3,(H,17,18). The molecule has 0 aliphatic carbocycles. The molecule has 0 radical (unpaired) electrons. The maximum Gasteiger partial charge on any atom is 0.225 e. The van der Waals surface area contributed by atoms with Gasteiger partial charge in [-0.1, -0.05) is 25.8 Å². The molecule has 20 heavy (non-hydrogen) atoms. The minimum absolute atomic E-state index is 0.109. The lowest BCUT2D eigenvalue weighted by molar-refractivity contribution is -0.115. The third-order valence-electron chi connectivity index (χ3n) is 3.18. The molecule has 3 N–H and O–H groups in total. The van der Waals surface area contributed by atoms with Gasteiger partial charge in [0.1, 0.15) is 0 Å². The van der Waals surface area contributed by atoms with Crippen LogP contribution >= 0.6 is 0 Å². The van der Waals surface area contributed by atoms with Crippen molar-refractivity contribution in [3.63, 3.8) is 0 Å². The molecule has 112 valence electrons. The molecule has 1 rings (SSSR count). The lowest BCUT2D eigenvalue weighted by atomic mass is 10.1. The van der Waals surface area contributed by atoms with E-state index in [1.54, 1.807) is 12.1 Å². The minimum atomic E-state index is -0.895. The molecule has 1 unspecified atom stereocenters. The van der Waals surface area contributed by atoms with Crippen molar-refractivity contribution in [1.82, 2.24) is 0 Å². The fourth-order valence-corrected chi connectivity index (χ4v) is 2.97. The van der Waals surface area contributed by atoms with Gasteiger partial charge in [-0.2, -0.15) is 0 Å². The lowest BCUT2D eigenvalue weighted by Gasteiger charge is -2.10. The van der Waals surface area contributed by atoms with E-state index in [0.29, 0.717) is 17.2 Å². The zero-order valence-corrected chi connectivity index (χ0v) is 13.1. The number of amides is 1. The van der Waals surface area contributed by atoms with Gasteiger partial charge in [0.05, 0.1) is 0 Å². The molecular formula is C15H24N2O2S. The van der Waals surface area contributed by atoms with Crippen LogP contribution in [0.5, 0.6) is 0 Å². The number of carbonyl (C=O) groups is 1. The quantitative estimate of drug-likeness (QED) is 0.572. The molecule has 0 saturated carbocycles. The van der Waals surface area contributed by atoms with Gasteiger partial charge < -0.3 is 11.1 Å². The van der Waals surface area contributed by atoms with Crippen LogP contribution in [-0.2, 0) is 15.6 Å². The summed E-state index contributed by atoms with van der Waals surface area (Å²) in [6.45, 7) is 3.98. The molecule has 1 aromatic carbocycles. The molecule has 0 bridgehead atoms. The molecule has 0 aromatic heterocycles. The van der Waals surface area contributed by atoms with Gasteiger partial charge in [0.2, 0.25) is 5.91 Å². The maximum atomic E-state index is 11.8. The third-order valence-corrected chi connectivity index (χ3v) is 4.59. The summed E-state index contributed by atoms with van der Waals surface area (Å²) in [6, 6.07) is 5.43. The number of rotatable bonds is 8. The Morgan fingerprint density at radius 3 is 2.75 bits per heavy atom. The van der Waals surface area contributed by atoms with E-state index in [1.807, 2.05) is 13.0 Å². The highest BCUT2D eigenvalue weighted by atomic mass is 32.2. The van der Waals surface area contributed by atoms with E-state index < -0.39 is 10.8 Å². The van der Waals surface area contributed by atoms with Crippen molar-refractivity contribution in [2.45, 2.75) is 39.5 Å². The first-order chi connectivity index (χ1) is 9.54. The normalized spacial score (nSPS) is 12.1. The van der Waals surface area contributed by atoms with Gasteiger partial charge in [-0.15, -0.1) is 0 Å². The van der Waals surface area contributed by atoms with Crippen molar-refractivity contribution in [2.75, 3.05) is 22.6 Å². The molecule has 0 aliphatic heterocycles. The van der Waals surface area contributed by atoms with Crippen molar-refractivity contribution in [3.05, 3.63) is 23.8 Å². The van der Waals surface area contributed by atoms with Crippen molar-refractivity contribution < 1.29 is 9.00 Å². The summed E-state index contributed by atoms with van der Waals surface area (Å²) in [6.07, 6.45) is 3.47. The number of unbranched alkanes of at least 4 members (excludes halogenated alkanes) is 2. The molecular weight excluding hydrogens is 272 g/mol. The van der Waals surface area contributed by atoms with Crippen molar-refractivity contribution in [1.29, 1.82) is 0 Å². The molecule has 0 aliphatic rings. The Bertz CT molecular complexity index is 475. The summed E-state index contributed by atoms with van der Waals surface area (Å²) in [5, 5.41) is 2.82. The minimum Gasteiger partial charge on any atom is -0.398 e. The molecule has 0 heterocycles. The summed E-state index contributed by atoms with van der Waals surface area (Å²) in [7, 11) is -0.895. The van der Waals surface area contributed by atoms with Crippen LogP contribution < -0.4 is 11.1 Å². The van der Waals surface area contributed by atoms with E-state index in [0.717, 1.165) is 30.5 Å². The second-order valence-corrected chi connectivity index (χ2v) is 6.57. The lowest BCUT2D eigenvalue weighted by Crippen LogP contribution is -2.16. The van der Waals surface area contributed by atoms with E-state index in [4.69, 9.17) is 5.73 Å². The predicted molar refractivity (Wildman–Crippen MR) is 86.2 cm³/mol. The molecule has 4 nitrogen and oxygen atoms in total. The van der Waals surface area contributed by atoms with Gasteiger partial charge in [0.25, 0.3) is 0 Å². The Hall–Kier alpha value is -1.36. The zero-order valence-electron chi connectivity index (χ0n) is 12.3. The molecule has 1 amide bonds. The summed E-state index contributed by atoms with van der Waals surface area (Å²) in [4.78, 5) is 11.8. The second kappa shape index (κ2) is 8.74. The van der Waals surface area contributed by atoms with Gasteiger partial charge in [0.15, 0.2) is 0 Å². The zero-order chi connectivity index (χ0) is 15.0. The Labute approximate surface area is 123 Å². The Morgan fingerprint density at radius 2 is 2.05 bits per heavy atom. The average Bonchev–Trinajstić information content (AvgIpc) is 2.42. The van der Waals surface area contributed by atoms with Crippen LogP contribution in [0.15, 0.2) is 18.2 Å². The van der Waals surface area contributed by atoms with Crippen molar-refractivity contribution in [3.8, 4) is 0 Å². The summed E-state index contributed by atoms with van der Waals surface area (Å²) < 4.78 is 11.7. The molecule has 1 aromatic rings. The highest BCUT2D eigenvalue weighted by Crippen LogP contribution is 2.20. The largest absolute Gasteiger partial charge is 0.398 e. The molecule has 0 spiro atoms. The van der Waals surface area contributed by atoms with Crippen molar-refractivity contribution >= 4 is 28.1 Å². The van der Waals surface area contributed by atoms with Gasteiger partial charge >= 0.3 is 0 Å². The monoisotopic (exact) mass is 296 g/mol. The summed E-state index contributed by atoms with van der Waals surface area (Å²) >= 11 is 0. The van der Waals surface area contributed by atoms with E-state index in [2.05, 4.69) is 12.2 Å². The van der Waals surface area contributed by atoms with E-state index in [9.17, 15) is 9.00 Å². The fraction of sp³-hybridized carbons (Fsp3) is 0.533. The Balaban J connectivity index is 2.37. The molecule has 0 saturated heterocycles. The number of benzene rings is 1. The van der Waals surface area contributed by atoms with Crippen LogP contribution in [0, 0.1) is 6.92 Å². The summed E-state index contributed by atoms with van der Waals surface area (Å²) in [5.74, 6) is 1.01. The highest BCUT2D eigenvalue weighted by Gasteiger charge is 2.08. The van der Waals surface area contributed by atoms with E-state index >= 15 is 0 Å². The van der Waals surface area contributed by atoms with E-state index in [-0.39, 0.29) is 12.3 Å². The number of nitrogens with one attached hydrogen (secondary N) is 1. The van der Waals surface area contributed by atoms with Gasteiger partial charge in [-0.05, 0) is 31.0 Å². The van der Waals surface area contributed by atoms with Crippen LogP contribution in [0.4, 0.5) is 11.4 Å².